The zero-order valence-electron chi connectivity index (χ0n) is 16.9. The predicted molar refractivity (Wildman–Crippen MR) is 128 cm³/mol. The quantitative estimate of drug-likeness (QED) is 0.421. The Bertz CT molecular complexity index is 1040. The first kappa shape index (κ1) is 21.2. The smallest absolute Gasteiger partial charge is 0.127 e. The summed E-state index contributed by atoms with van der Waals surface area (Å²) in [4.78, 5) is 7.23. The number of benzene rings is 2. The van der Waals surface area contributed by atoms with Gasteiger partial charge >= 0.3 is 0 Å². The molecule has 0 saturated carbocycles. The fraction of sp³-hybridized carbons (Fsp3) is 0.292. The Morgan fingerprint density at radius 1 is 1.17 bits per heavy atom. The molecule has 1 aliphatic heterocycles. The Morgan fingerprint density at radius 3 is 2.77 bits per heavy atom. The number of halogens is 2. The second-order valence-corrected chi connectivity index (χ2v) is 9.08. The lowest BCUT2D eigenvalue weighted by Gasteiger charge is -2.20. The summed E-state index contributed by atoms with van der Waals surface area (Å²) >= 11 is 9.96. The fourth-order valence-electron chi connectivity index (χ4n) is 4.03. The van der Waals surface area contributed by atoms with Gasteiger partial charge in [0.25, 0.3) is 0 Å². The van der Waals surface area contributed by atoms with Gasteiger partial charge < -0.3 is 15.3 Å². The number of phenols is 1. The summed E-state index contributed by atoms with van der Waals surface area (Å²) in [6.45, 7) is 2.02. The number of hydrogen-bond acceptors (Lipinski definition) is 4. The number of aromatic hydroxyl groups is 1. The topological polar surface area (TPSA) is 48.4 Å². The number of nitrogens with zero attached hydrogens (tertiary/aromatic N) is 2. The maximum Gasteiger partial charge on any atom is 0.127 e. The number of nitrogens with one attached hydrogen (secondary N) is 1. The predicted octanol–water partition coefficient (Wildman–Crippen LogP) is 6.43. The van der Waals surface area contributed by atoms with Gasteiger partial charge in [0.1, 0.15) is 11.6 Å². The van der Waals surface area contributed by atoms with Gasteiger partial charge in [0.15, 0.2) is 0 Å². The van der Waals surface area contributed by atoms with E-state index < -0.39 is 0 Å². The van der Waals surface area contributed by atoms with Crippen LogP contribution in [0.2, 0.25) is 5.02 Å². The molecule has 0 aliphatic carbocycles. The van der Waals surface area contributed by atoms with Crippen LogP contribution in [0.3, 0.4) is 0 Å². The Kier molecular flexibility index (Phi) is 6.61. The molecule has 4 rings (SSSR count). The molecule has 6 heteroatoms. The molecule has 1 saturated heterocycles. The van der Waals surface area contributed by atoms with Crippen molar-refractivity contribution in [2.24, 2.45) is 0 Å². The van der Waals surface area contributed by atoms with Gasteiger partial charge in [-0.1, -0.05) is 45.7 Å². The minimum atomic E-state index is 0.195. The number of anilines is 1. The number of pyridine rings is 1. The standard InChI is InChI=1S/C24H25BrClN3O/c1-29-12-4-5-18(29)10-11-27-24-14-16(19-6-2-3-7-21(19)26)13-22(28-24)20-15-17(25)8-9-23(20)30/h2-3,6-9,13-15,18,30H,4-5,10-12H2,1H3,(H,27,28). The van der Waals surface area contributed by atoms with Gasteiger partial charge in [-0.3, -0.25) is 0 Å². The Labute approximate surface area is 191 Å². The molecule has 1 fully saturated rings. The molecule has 0 bridgehead atoms. The summed E-state index contributed by atoms with van der Waals surface area (Å²) in [5.74, 6) is 0.975. The first-order valence-electron chi connectivity index (χ1n) is 10.2. The first-order chi connectivity index (χ1) is 14.5. The molecule has 2 aromatic carbocycles. The van der Waals surface area contributed by atoms with E-state index in [-0.39, 0.29) is 5.75 Å². The zero-order chi connectivity index (χ0) is 21.1. The van der Waals surface area contributed by atoms with E-state index >= 15 is 0 Å². The van der Waals surface area contributed by atoms with Crippen LogP contribution in [0.5, 0.6) is 5.75 Å². The Hall–Kier alpha value is -2.08. The second kappa shape index (κ2) is 9.38. The van der Waals surface area contributed by atoms with Crippen LogP contribution in [-0.4, -0.2) is 41.2 Å². The molecule has 1 atom stereocenters. The summed E-state index contributed by atoms with van der Waals surface area (Å²) in [7, 11) is 2.20. The molecule has 3 aromatic rings. The van der Waals surface area contributed by atoms with Gasteiger partial charge in [0, 0.05) is 33.2 Å². The van der Waals surface area contributed by atoms with Gasteiger partial charge in [0.05, 0.1) is 5.69 Å². The van der Waals surface area contributed by atoms with Crippen LogP contribution in [0, 0.1) is 0 Å². The van der Waals surface area contributed by atoms with Crippen LogP contribution in [0.15, 0.2) is 59.1 Å². The molecule has 0 radical (unpaired) electrons. The van der Waals surface area contributed by atoms with E-state index in [0.29, 0.717) is 22.3 Å². The van der Waals surface area contributed by atoms with E-state index in [0.717, 1.165) is 34.4 Å². The summed E-state index contributed by atoms with van der Waals surface area (Å²) in [6, 6.07) is 17.8. The maximum atomic E-state index is 10.4. The molecule has 1 unspecified atom stereocenters. The molecule has 2 heterocycles. The van der Waals surface area contributed by atoms with Crippen molar-refractivity contribution in [3.63, 3.8) is 0 Å². The summed E-state index contributed by atoms with van der Waals surface area (Å²) in [5.41, 5.74) is 3.28. The van der Waals surface area contributed by atoms with Gasteiger partial charge in [-0.2, -0.15) is 0 Å². The van der Waals surface area contributed by atoms with Crippen LogP contribution in [-0.2, 0) is 0 Å². The van der Waals surface area contributed by atoms with Gasteiger partial charge in [0.2, 0.25) is 0 Å². The lowest BCUT2D eigenvalue weighted by atomic mass is 10.0. The molecule has 0 spiro atoms. The van der Waals surface area contributed by atoms with Crippen LogP contribution in [0.1, 0.15) is 19.3 Å². The average molecular weight is 487 g/mol. The molecule has 1 aromatic heterocycles. The van der Waals surface area contributed by atoms with E-state index in [1.165, 1.54) is 19.4 Å². The van der Waals surface area contributed by atoms with Crippen molar-refractivity contribution in [2.75, 3.05) is 25.5 Å². The van der Waals surface area contributed by atoms with Gasteiger partial charge in [-0.05, 0) is 74.8 Å². The molecule has 4 nitrogen and oxygen atoms in total. The highest BCUT2D eigenvalue weighted by atomic mass is 79.9. The van der Waals surface area contributed by atoms with E-state index in [9.17, 15) is 5.11 Å². The van der Waals surface area contributed by atoms with Crippen molar-refractivity contribution in [1.82, 2.24) is 9.88 Å². The first-order valence-corrected chi connectivity index (χ1v) is 11.4. The van der Waals surface area contributed by atoms with E-state index in [1.807, 2.05) is 48.5 Å². The summed E-state index contributed by atoms with van der Waals surface area (Å²) in [6.07, 6.45) is 3.60. The third-order valence-corrected chi connectivity index (χ3v) is 6.52. The van der Waals surface area contributed by atoms with Gasteiger partial charge in [-0.15, -0.1) is 0 Å². The number of rotatable bonds is 6. The molecule has 2 N–H and O–H groups in total. The molecule has 0 amide bonds. The molecule has 30 heavy (non-hydrogen) atoms. The summed E-state index contributed by atoms with van der Waals surface area (Å²) in [5, 5.41) is 14.6. The molecular weight excluding hydrogens is 462 g/mol. The monoisotopic (exact) mass is 485 g/mol. The normalized spacial score (nSPS) is 16.7. The second-order valence-electron chi connectivity index (χ2n) is 7.76. The fourth-order valence-corrected chi connectivity index (χ4v) is 4.64. The van der Waals surface area contributed by atoms with E-state index in [1.54, 1.807) is 6.07 Å². The third kappa shape index (κ3) is 4.80. The number of aromatic nitrogens is 1. The van der Waals surface area contributed by atoms with Crippen LogP contribution in [0.4, 0.5) is 5.82 Å². The highest BCUT2D eigenvalue weighted by Crippen LogP contribution is 2.36. The highest BCUT2D eigenvalue weighted by molar-refractivity contribution is 9.10. The molecular formula is C24H25BrClN3O. The number of hydrogen-bond donors (Lipinski definition) is 2. The Morgan fingerprint density at radius 2 is 2.00 bits per heavy atom. The minimum Gasteiger partial charge on any atom is -0.507 e. The van der Waals surface area contributed by atoms with Crippen LogP contribution < -0.4 is 5.32 Å². The van der Waals surface area contributed by atoms with Crippen molar-refractivity contribution in [2.45, 2.75) is 25.3 Å². The maximum absolute atomic E-state index is 10.4. The molecule has 156 valence electrons. The highest BCUT2D eigenvalue weighted by Gasteiger charge is 2.20. The number of phenolic OH excluding ortho intramolecular Hbond substituents is 1. The zero-order valence-corrected chi connectivity index (χ0v) is 19.2. The van der Waals surface area contributed by atoms with E-state index in [2.05, 4.69) is 33.2 Å². The van der Waals surface area contributed by atoms with Crippen molar-refractivity contribution >= 4 is 33.3 Å². The Balaban J connectivity index is 1.67. The van der Waals surface area contributed by atoms with Crippen LogP contribution in [0.25, 0.3) is 22.4 Å². The minimum absolute atomic E-state index is 0.195. The summed E-state index contributed by atoms with van der Waals surface area (Å²) < 4.78 is 0.888. The average Bonchev–Trinajstić information content (AvgIpc) is 3.15. The number of likely N-dealkylation sites (tertiary alicyclic amines) is 1. The third-order valence-electron chi connectivity index (χ3n) is 5.70. The van der Waals surface area contributed by atoms with Crippen molar-refractivity contribution in [1.29, 1.82) is 0 Å². The van der Waals surface area contributed by atoms with Crippen molar-refractivity contribution in [3.05, 3.63) is 64.1 Å². The lowest BCUT2D eigenvalue weighted by Crippen LogP contribution is -2.27. The lowest BCUT2D eigenvalue weighted by molar-refractivity contribution is 0.301. The van der Waals surface area contributed by atoms with Crippen molar-refractivity contribution in [3.8, 4) is 28.1 Å². The van der Waals surface area contributed by atoms with E-state index in [4.69, 9.17) is 16.6 Å². The van der Waals surface area contributed by atoms with Crippen LogP contribution >= 0.6 is 27.5 Å². The largest absolute Gasteiger partial charge is 0.507 e. The van der Waals surface area contributed by atoms with Crippen molar-refractivity contribution < 1.29 is 5.11 Å². The molecule has 1 aliphatic rings. The SMILES string of the molecule is CN1CCCC1CCNc1cc(-c2ccccc2Cl)cc(-c2cc(Br)ccc2O)n1. The van der Waals surface area contributed by atoms with Gasteiger partial charge in [-0.25, -0.2) is 4.98 Å².